The molecule has 0 amide bonds. The minimum absolute atomic E-state index is 0.360. The average molecular weight is 282 g/mol. The maximum absolute atomic E-state index is 5.94. The van der Waals surface area contributed by atoms with Crippen molar-refractivity contribution in [3.05, 3.63) is 0 Å². The number of hydrogen-bond acceptors (Lipinski definition) is 4. The van der Waals surface area contributed by atoms with Gasteiger partial charge in [0.15, 0.2) is 0 Å². The third kappa shape index (κ3) is 2.63. The van der Waals surface area contributed by atoms with Crippen LogP contribution in [0.3, 0.4) is 0 Å². The summed E-state index contributed by atoms with van der Waals surface area (Å²) in [6.07, 6.45) is 8.73. The van der Waals surface area contributed by atoms with Crippen LogP contribution in [0.1, 0.15) is 38.5 Å². The van der Waals surface area contributed by atoms with Gasteiger partial charge >= 0.3 is 0 Å². The van der Waals surface area contributed by atoms with E-state index >= 15 is 0 Å². The number of fused-ring (bicyclic) bond motifs is 2. The monoisotopic (exact) mass is 282 g/mol. The molecule has 2 aliphatic heterocycles. The second-order valence-corrected chi connectivity index (χ2v) is 6.92. The van der Waals surface area contributed by atoms with E-state index < -0.39 is 0 Å². The fourth-order valence-electron chi connectivity index (χ4n) is 4.76. The normalized spacial score (nSPS) is 49.2. The largest absolute Gasteiger partial charge is 0.373 e. The minimum Gasteiger partial charge on any atom is -0.373 e. The number of ether oxygens (including phenoxy) is 4. The van der Waals surface area contributed by atoms with Crippen molar-refractivity contribution < 1.29 is 18.9 Å². The van der Waals surface area contributed by atoms with E-state index in [1.54, 1.807) is 0 Å². The molecule has 0 bridgehead atoms. The first kappa shape index (κ1) is 13.5. The Balaban J connectivity index is 1.36. The molecule has 0 aromatic heterocycles. The molecule has 6 unspecified atom stereocenters. The lowest BCUT2D eigenvalue weighted by molar-refractivity contribution is -0.193. The van der Waals surface area contributed by atoms with Crippen LogP contribution in [0.2, 0.25) is 0 Å². The van der Waals surface area contributed by atoms with Gasteiger partial charge in [-0.1, -0.05) is 0 Å². The molecule has 2 aliphatic carbocycles. The zero-order valence-electron chi connectivity index (χ0n) is 12.2. The predicted molar refractivity (Wildman–Crippen MR) is 73.3 cm³/mol. The first-order valence-corrected chi connectivity index (χ1v) is 8.32. The fraction of sp³-hybridized carbons (Fsp3) is 1.00. The highest BCUT2D eigenvalue weighted by atomic mass is 16.7. The van der Waals surface area contributed by atoms with E-state index in [1.807, 2.05) is 0 Å². The highest BCUT2D eigenvalue weighted by Crippen LogP contribution is 2.43. The molecule has 6 atom stereocenters. The van der Waals surface area contributed by atoms with Crippen molar-refractivity contribution in [2.45, 2.75) is 56.8 Å². The Morgan fingerprint density at radius 1 is 0.600 bits per heavy atom. The van der Waals surface area contributed by atoms with Gasteiger partial charge in [0.1, 0.15) is 6.79 Å². The molecular weight excluding hydrogens is 256 g/mol. The second kappa shape index (κ2) is 5.91. The molecule has 4 nitrogen and oxygen atoms in total. The Labute approximate surface area is 121 Å². The summed E-state index contributed by atoms with van der Waals surface area (Å²) >= 11 is 0. The third-order valence-corrected chi connectivity index (χ3v) is 5.84. The maximum Gasteiger partial charge on any atom is 0.147 e. The standard InChI is InChI=1S/C16H26O4/c1-3-14-13(9-17-10-20-14)7-11(1)12-2-4-15-16(8-12)19-6-5-18-15/h11-16H,1-10H2. The van der Waals surface area contributed by atoms with Crippen molar-refractivity contribution in [3.63, 3.8) is 0 Å². The summed E-state index contributed by atoms with van der Waals surface area (Å²) in [5, 5.41) is 0. The molecule has 114 valence electrons. The summed E-state index contributed by atoms with van der Waals surface area (Å²) in [5.41, 5.74) is 0. The van der Waals surface area contributed by atoms with Gasteiger partial charge in [0.05, 0.1) is 38.1 Å². The molecule has 0 N–H and O–H groups in total. The fourth-order valence-corrected chi connectivity index (χ4v) is 4.76. The third-order valence-electron chi connectivity index (χ3n) is 5.84. The van der Waals surface area contributed by atoms with Crippen LogP contribution in [0.25, 0.3) is 0 Å². The number of rotatable bonds is 1. The first-order chi connectivity index (χ1) is 9.90. The van der Waals surface area contributed by atoms with Crippen LogP contribution < -0.4 is 0 Å². The van der Waals surface area contributed by atoms with Gasteiger partial charge in [0, 0.05) is 5.92 Å². The van der Waals surface area contributed by atoms with Gasteiger partial charge in [-0.15, -0.1) is 0 Å². The van der Waals surface area contributed by atoms with Gasteiger partial charge in [0.25, 0.3) is 0 Å². The van der Waals surface area contributed by atoms with E-state index in [-0.39, 0.29) is 0 Å². The van der Waals surface area contributed by atoms with Gasteiger partial charge < -0.3 is 18.9 Å². The van der Waals surface area contributed by atoms with Crippen LogP contribution in [0.15, 0.2) is 0 Å². The van der Waals surface area contributed by atoms with Crippen LogP contribution in [0, 0.1) is 17.8 Å². The van der Waals surface area contributed by atoms with E-state index in [4.69, 9.17) is 18.9 Å². The first-order valence-electron chi connectivity index (χ1n) is 8.32. The zero-order chi connectivity index (χ0) is 13.4. The summed E-state index contributed by atoms with van der Waals surface area (Å²) in [4.78, 5) is 0. The lowest BCUT2D eigenvalue weighted by atomic mass is 9.68. The van der Waals surface area contributed by atoms with Crippen LogP contribution in [-0.4, -0.2) is 44.9 Å². The lowest BCUT2D eigenvalue weighted by Crippen LogP contribution is -2.46. The van der Waals surface area contributed by atoms with Gasteiger partial charge in [0.2, 0.25) is 0 Å². The molecular formula is C16H26O4. The summed E-state index contributed by atoms with van der Waals surface area (Å²) < 4.78 is 23.0. The Bertz CT molecular complexity index is 302. The zero-order valence-corrected chi connectivity index (χ0v) is 12.2. The maximum atomic E-state index is 5.94. The van der Waals surface area contributed by atoms with Crippen LogP contribution in [0.4, 0.5) is 0 Å². The van der Waals surface area contributed by atoms with Crippen LogP contribution in [-0.2, 0) is 18.9 Å². The van der Waals surface area contributed by atoms with Crippen molar-refractivity contribution >= 4 is 0 Å². The van der Waals surface area contributed by atoms with E-state index in [2.05, 4.69) is 0 Å². The van der Waals surface area contributed by atoms with E-state index in [0.29, 0.717) is 31.0 Å². The van der Waals surface area contributed by atoms with Crippen molar-refractivity contribution in [2.75, 3.05) is 26.6 Å². The van der Waals surface area contributed by atoms with Crippen LogP contribution >= 0.6 is 0 Å². The van der Waals surface area contributed by atoms with Crippen molar-refractivity contribution in [3.8, 4) is 0 Å². The van der Waals surface area contributed by atoms with Gasteiger partial charge in [-0.3, -0.25) is 0 Å². The van der Waals surface area contributed by atoms with Gasteiger partial charge in [-0.05, 0) is 50.4 Å². The molecule has 0 aromatic rings. The lowest BCUT2D eigenvalue weighted by Gasteiger charge is -2.45. The highest BCUT2D eigenvalue weighted by molar-refractivity contribution is 4.90. The Hall–Kier alpha value is -0.160. The molecule has 0 aromatic carbocycles. The van der Waals surface area contributed by atoms with Crippen molar-refractivity contribution in [2.24, 2.45) is 17.8 Å². The molecule has 2 saturated carbocycles. The second-order valence-electron chi connectivity index (χ2n) is 6.92. The molecule has 4 aliphatic rings. The molecule has 4 fully saturated rings. The van der Waals surface area contributed by atoms with Gasteiger partial charge in [-0.25, -0.2) is 0 Å². The van der Waals surface area contributed by atoms with Crippen molar-refractivity contribution in [1.82, 2.24) is 0 Å². The van der Waals surface area contributed by atoms with E-state index in [1.165, 1.54) is 38.5 Å². The van der Waals surface area contributed by atoms with Crippen LogP contribution in [0.5, 0.6) is 0 Å². The molecule has 4 rings (SSSR count). The summed E-state index contributed by atoms with van der Waals surface area (Å²) in [6, 6.07) is 0. The molecule has 0 spiro atoms. The van der Waals surface area contributed by atoms with Crippen molar-refractivity contribution in [1.29, 1.82) is 0 Å². The minimum atomic E-state index is 0.360. The van der Waals surface area contributed by atoms with Gasteiger partial charge in [-0.2, -0.15) is 0 Å². The molecule has 2 heterocycles. The number of hydrogen-bond donors (Lipinski definition) is 0. The molecule has 4 heteroatoms. The quantitative estimate of drug-likeness (QED) is 0.740. The smallest absolute Gasteiger partial charge is 0.147 e. The SMILES string of the molecule is C1OCC2CC(C3CCC4OCCOC4C3)CCC2O1. The summed E-state index contributed by atoms with van der Waals surface area (Å²) in [6.45, 7) is 2.97. The predicted octanol–water partition coefficient (Wildman–Crippen LogP) is 2.36. The molecule has 0 radical (unpaired) electrons. The highest BCUT2D eigenvalue weighted by Gasteiger charge is 2.41. The topological polar surface area (TPSA) is 36.9 Å². The van der Waals surface area contributed by atoms with E-state index in [0.717, 1.165) is 31.7 Å². The Kier molecular flexibility index (Phi) is 3.99. The van der Waals surface area contributed by atoms with E-state index in [9.17, 15) is 0 Å². The summed E-state index contributed by atoms with van der Waals surface area (Å²) in [5.74, 6) is 2.29. The molecule has 2 saturated heterocycles. The Morgan fingerprint density at radius 3 is 2.25 bits per heavy atom. The Morgan fingerprint density at radius 2 is 1.35 bits per heavy atom. The average Bonchev–Trinajstić information content (AvgIpc) is 2.54. The summed E-state index contributed by atoms with van der Waals surface area (Å²) in [7, 11) is 0. The molecule has 20 heavy (non-hydrogen) atoms.